The smallest absolute Gasteiger partial charge is 0.387 e. The van der Waals surface area contributed by atoms with E-state index in [1.165, 1.54) is 6.07 Å². The Labute approximate surface area is 200 Å². The van der Waals surface area contributed by atoms with Gasteiger partial charge in [-0.2, -0.15) is 8.78 Å². The lowest BCUT2D eigenvalue weighted by molar-refractivity contribution is -0.0505. The standard InChI is InChI=1S/C21H23F2N5O3.HI/c1-2-24-21(25-8-7-19-27-14-5-3-4-6-15(14)28-19)26-11-13-9-17-18(30-12-29-17)10-16(13)31-20(22)23;/h3-6,9-10,20H,2,7-8,11-12H2,1H3,(H,27,28)(H2,24,25,26);1H. The fourth-order valence-corrected chi connectivity index (χ4v) is 3.22. The van der Waals surface area contributed by atoms with Crippen molar-refractivity contribution in [2.24, 2.45) is 4.99 Å². The number of hydrogen-bond donors (Lipinski definition) is 3. The molecule has 0 saturated carbocycles. The van der Waals surface area contributed by atoms with Gasteiger partial charge >= 0.3 is 6.61 Å². The number of H-pyrrole nitrogens is 1. The van der Waals surface area contributed by atoms with E-state index in [2.05, 4.69) is 30.3 Å². The average Bonchev–Trinajstić information content (AvgIpc) is 3.37. The summed E-state index contributed by atoms with van der Waals surface area (Å²) in [5.74, 6) is 2.29. The highest BCUT2D eigenvalue weighted by molar-refractivity contribution is 14.0. The first kappa shape index (κ1) is 23.8. The highest BCUT2D eigenvalue weighted by Crippen LogP contribution is 2.39. The van der Waals surface area contributed by atoms with Crippen molar-refractivity contribution in [3.63, 3.8) is 0 Å². The van der Waals surface area contributed by atoms with E-state index in [0.717, 1.165) is 16.9 Å². The van der Waals surface area contributed by atoms with Crippen LogP contribution in [0.25, 0.3) is 11.0 Å². The number of aliphatic imine (C=N–C) groups is 1. The number of nitrogens with one attached hydrogen (secondary N) is 3. The van der Waals surface area contributed by atoms with Crippen LogP contribution in [0.5, 0.6) is 17.2 Å². The Kier molecular flexibility index (Phi) is 8.31. The lowest BCUT2D eigenvalue weighted by atomic mass is 10.1. The number of ether oxygens (including phenoxy) is 3. The van der Waals surface area contributed by atoms with Gasteiger partial charge in [-0.05, 0) is 25.1 Å². The van der Waals surface area contributed by atoms with Gasteiger partial charge < -0.3 is 29.8 Å². The predicted octanol–water partition coefficient (Wildman–Crippen LogP) is 3.81. The van der Waals surface area contributed by atoms with Gasteiger partial charge in [-0.3, -0.25) is 0 Å². The second-order valence-corrected chi connectivity index (χ2v) is 6.76. The number of hydrogen-bond acceptors (Lipinski definition) is 5. The highest BCUT2D eigenvalue weighted by Gasteiger charge is 2.20. The molecule has 1 aliphatic rings. The third-order valence-electron chi connectivity index (χ3n) is 4.62. The lowest BCUT2D eigenvalue weighted by Crippen LogP contribution is -2.38. The molecule has 0 spiro atoms. The molecule has 1 aliphatic heterocycles. The van der Waals surface area contributed by atoms with Crippen LogP contribution >= 0.6 is 24.0 Å². The van der Waals surface area contributed by atoms with Crippen LogP contribution in [0.3, 0.4) is 0 Å². The van der Waals surface area contributed by atoms with E-state index in [1.54, 1.807) is 6.07 Å². The molecule has 2 aromatic carbocycles. The zero-order chi connectivity index (χ0) is 21.6. The molecule has 1 aromatic heterocycles. The number of para-hydroxylation sites is 2. The highest BCUT2D eigenvalue weighted by atomic mass is 127. The summed E-state index contributed by atoms with van der Waals surface area (Å²) in [6, 6.07) is 10.9. The first-order valence-electron chi connectivity index (χ1n) is 9.95. The van der Waals surface area contributed by atoms with E-state index in [0.29, 0.717) is 42.5 Å². The van der Waals surface area contributed by atoms with Gasteiger partial charge in [0.2, 0.25) is 6.79 Å². The third kappa shape index (κ3) is 5.90. The summed E-state index contributed by atoms with van der Waals surface area (Å²) in [4.78, 5) is 12.3. The van der Waals surface area contributed by atoms with Crippen molar-refractivity contribution in [1.82, 2.24) is 20.6 Å². The fraction of sp³-hybridized carbons (Fsp3) is 0.333. The molecule has 3 N–H and O–H groups in total. The Morgan fingerprint density at radius 2 is 2.00 bits per heavy atom. The predicted molar refractivity (Wildman–Crippen MR) is 127 cm³/mol. The Morgan fingerprint density at radius 3 is 2.75 bits per heavy atom. The quantitative estimate of drug-likeness (QED) is 0.221. The third-order valence-corrected chi connectivity index (χ3v) is 4.62. The monoisotopic (exact) mass is 559 g/mol. The molecule has 2 heterocycles. The van der Waals surface area contributed by atoms with Crippen molar-refractivity contribution in [1.29, 1.82) is 0 Å². The van der Waals surface area contributed by atoms with Gasteiger partial charge in [0.1, 0.15) is 11.6 Å². The molecule has 8 nitrogen and oxygen atoms in total. The molecule has 0 unspecified atom stereocenters. The summed E-state index contributed by atoms with van der Waals surface area (Å²) in [5, 5.41) is 6.37. The minimum absolute atomic E-state index is 0. The summed E-state index contributed by atoms with van der Waals surface area (Å²) in [7, 11) is 0. The number of rotatable bonds is 8. The van der Waals surface area contributed by atoms with Gasteiger partial charge in [0.05, 0.1) is 17.6 Å². The van der Waals surface area contributed by atoms with Crippen molar-refractivity contribution in [2.45, 2.75) is 26.5 Å². The zero-order valence-electron chi connectivity index (χ0n) is 17.4. The van der Waals surface area contributed by atoms with Gasteiger partial charge in [-0.1, -0.05) is 12.1 Å². The number of guanidine groups is 1. The first-order valence-corrected chi connectivity index (χ1v) is 9.95. The summed E-state index contributed by atoms with van der Waals surface area (Å²) in [6.45, 7) is 0.409. The largest absolute Gasteiger partial charge is 0.454 e. The molecule has 32 heavy (non-hydrogen) atoms. The van der Waals surface area contributed by atoms with Crippen molar-refractivity contribution in [3.8, 4) is 17.2 Å². The summed E-state index contributed by atoms with van der Waals surface area (Å²) in [5.41, 5.74) is 2.39. The van der Waals surface area contributed by atoms with E-state index in [4.69, 9.17) is 9.47 Å². The molecule has 0 fully saturated rings. The number of aromatic nitrogens is 2. The van der Waals surface area contributed by atoms with E-state index >= 15 is 0 Å². The van der Waals surface area contributed by atoms with Crippen LogP contribution in [0.4, 0.5) is 8.78 Å². The molecular weight excluding hydrogens is 535 g/mol. The Bertz CT molecular complexity index is 1040. The van der Waals surface area contributed by atoms with Crippen molar-refractivity contribution < 1.29 is 23.0 Å². The minimum atomic E-state index is -2.95. The SMILES string of the molecule is CCNC(=NCc1cc2c(cc1OC(F)F)OCO2)NCCc1nc2ccccc2[nH]1.I. The molecule has 0 amide bonds. The number of aromatic amines is 1. The minimum Gasteiger partial charge on any atom is -0.454 e. The molecule has 4 rings (SSSR count). The molecule has 172 valence electrons. The number of nitrogens with zero attached hydrogens (tertiary/aromatic N) is 2. The molecule has 11 heteroatoms. The second-order valence-electron chi connectivity index (χ2n) is 6.76. The van der Waals surface area contributed by atoms with Crippen LogP contribution < -0.4 is 24.8 Å². The Balaban J connectivity index is 0.00000289. The number of imidazole rings is 1. The molecule has 3 aromatic rings. The van der Waals surface area contributed by atoms with E-state index in [9.17, 15) is 8.78 Å². The maximum atomic E-state index is 12.8. The van der Waals surface area contributed by atoms with Gasteiger partial charge in [0.15, 0.2) is 17.5 Å². The normalized spacial score (nSPS) is 12.7. The van der Waals surface area contributed by atoms with Gasteiger partial charge in [0.25, 0.3) is 0 Å². The Hall–Kier alpha value is -2.83. The molecular formula is C21H24F2IN5O3. The summed E-state index contributed by atoms with van der Waals surface area (Å²) < 4.78 is 40.8. The number of benzene rings is 2. The van der Waals surface area contributed by atoms with Crippen LogP contribution in [-0.2, 0) is 13.0 Å². The van der Waals surface area contributed by atoms with Crippen molar-refractivity contribution in [2.75, 3.05) is 19.9 Å². The molecule has 0 saturated heterocycles. The second kappa shape index (κ2) is 11.2. The van der Waals surface area contributed by atoms with Gasteiger partial charge in [-0.15, -0.1) is 24.0 Å². The Morgan fingerprint density at radius 1 is 1.22 bits per heavy atom. The molecule has 0 radical (unpaired) electrons. The lowest BCUT2D eigenvalue weighted by Gasteiger charge is -2.13. The van der Waals surface area contributed by atoms with Gasteiger partial charge in [-0.25, -0.2) is 9.98 Å². The van der Waals surface area contributed by atoms with E-state index < -0.39 is 6.61 Å². The molecule has 0 atom stereocenters. The average molecular weight is 559 g/mol. The van der Waals surface area contributed by atoms with Crippen LogP contribution in [0.1, 0.15) is 18.3 Å². The summed E-state index contributed by atoms with van der Waals surface area (Å²) >= 11 is 0. The number of alkyl halides is 2. The molecule has 0 aliphatic carbocycles. The van der Waals surface area contributed by atoms with Crippen LogP contribution in [0.2, 0.25) is 0 Å². The van der Waals surface area contributed by atoms with E-state index in [-0.39, 0.29) is 43.1 Å². The van der Waals surface area contributed by atoms with Gasteiger partial charge in [0, 0.05) is 31.1 Å². The van der Waals surface area contributed by atoms with Crippen molar-refractivity contribution in [3.05, 3.63) is 47.8 Å². The number of halogens is 3. The zero-order valence-corrected chi connectivity index (χ0v) is 19.7. The number of fused-ring (bicyclic) bond motifs is 2. The van der Waals surface area contributed by atoms with Crippen LogP contribution in [0, 0.1) is 0 Å². The van der Waals surface area contributed by atoms with Crippen LogP contribution in [0.15, 0.2) is 41.4 Å². The fourth-order valence-electron chi connectivity index (χ4n) is 3.22. The van der Waals surface area contributed by atoms with Crippen LogP contribution in [-0.4, -0.2) is 42.4 Å². The summed E-state index contributed by atoms with van der Waals surface area (Å²) in [6.07, 6.45) is 0.670. The maximum Gasteiger partial charge on any atom is 0.387 e. The maximum absolute atomic E-state index is 12.8. The first-order chi connectivity index (χ1) is 15.1. The van der Waals surface area contributed by atoms with E-state index in [1.807, 2.05) is 31.2 Å². The van der Waals surface area contributed by atoms with Crippen molar-refractivity contribution >= 4 is 41.0 Å². The molecule has 0 bridgehead atoms. The topological polar surface area (TPSA) is 92.8 Å².